The minimum absolute atomic E-state index is 0.944. The van der Waals surface area contributed by atoms with Gasteiger partial charge in [-0.3, -0.25) is 4.79 Å². The van der Waals surface area contributed by atoms with E-state index in [9.17, 15) is 4.79 Å². The zero-order valence-electron chi connectivity index (χ0n) is 10.3. The van der Waals surface area contributed by atoms with Crippen LogP contribution in [0.4, 0.5) is 0 Å². The first-order chi connectivity index (χ1) is 7.72. The quantitative estimate of drug-likeness (QED) is 0.665. The summed E-state index contributed by atoms with van der Waals surface area (Å²) in [4.78, 5) is 11.9. The van der Waals surface area contributed by atoms with Crippen LogP contribution in [0.1, 0.15) is 30.4 Å². The van der Waals surface area contributed by atoms with Crippen LogP contribution in [0, 0.1) is 13.8 Å². The number of likely N-dealkylation sites (tertiary alicyclic amines) is 1. The lowest BCUT2D eigenvalue weighted by molar-refractivity contribution is -0.118. The molecule has 0 unspecified atom stereocenters. The summed E-state index contributed by atoms with van der Waals surface area (Å²) in [5, 5.41) is 0. The molecule has 0 saturated carbocycles. The molecule has 0 atom stereocenters. The van der Waals surface area contributed by atoms with E-state index >= 15 is 0 Å². The molecule has 1 saturated heterocycles. The van der Waals surface area contributed by atoms with Crippen LogP contribution >= 0.6 is 0 Å². The highest BCUT2D eigenvalue weighted by molar-refractivity contribution is 5.46. The summed E-state index contributed by atoms with van der Waals surface area (Å²) in [6, 6.07) is 8.45. The number of rotatable bonds is 1. The van der Waals surface area contributed by atoms with E-state index in [0.717, 1.165) is 19.5 Å². The topological polar surface area (TPSA) is 20.3 Å². The molecular formula is C14H21NO. The van der Waals surface area contributed by atoms with Gasteiger partial charge in [-0.25, -0.2) is 0 Å². The van der Waals surface area contributed by atoms with E-state index in [1.807, 2.05) is 4.90 Å². The van der Waals surface area contributed by atoms with Crippen molar-refractivity contribution in [2.24, 2.45) is 0 Å². The van der Waals surface area contributed by atoms with Crippen LogP contribution in [0.15, 0.2) is 24.3 Å². The van der Waals surface area contributed by atoms with Gasteiger partial charge in [-0.15, -0.1) is 0 Å². The van der Waals surface area contributed by atoms with Crippen LogP contribution in [0.5, 0.6) is 0 Å². The maximum absolute atomic E-state index is 10.1. The molecule has 0 N–H and O–H groups in total. The Hall–Kier alpha value is -1.31. The molecule has 1 aromatic rings. The Morgan fingerprint density at radius 3 is 1.94 bits per heavy atom. The van der Waals surface area contributed by atoms with Crippen molar-refractivity contribution in [3.63, 3.8) is 0 Å². The van der Waals surface area contributed by atoms with Crippen molar-refractivity contribution in [2.45, 2.75) is 33.1 Å². The molecule has 88 valence electrons. The number of carbonyl (C=O) groups excluding carboxylic acids is 1. The average Bonchev–Trinajstić information content (AvgIpc) is 2.31. The molecule has 0 aliphatic carbocycles. The third-order valence-corrected chi connectivity index (χ3v) is 2.71. The Kier molecular flexibility index (Phi) is 5.62. The van der Waals surface area contributed by atoms with Crippen LogP contribution in [0.25, 0.3) is 0 Å². The molecule has 1 aliphatic heterocycles. The van der Waals surface area contributed by atoms with Crippen LogP contribution < -0.4 is 0 Å². The number of piperidine rings is 1. The monoisotopic (exact) mass is 219 g/mol. The average molecular weight is 219 g/mol. The van der Waals surface area contributed by atoms with Crippen molar-refractivity contribution >= 4 is 6.41 Å². The van der Waals surface area contributed by atoms with Crippen LogP contribution in [-0.2, 0) is 4.79 Å². The Labute approximate surface area is 98.3 Å². The van der Waals surface area contributed by atoms with E-state index in [0.29, 0.717) is 0 Å². The molecule has 2 heteroatoms. The second kappa shape index (κ2) is 7.04. The molecule has 1 fully saturated rings. The Morgan fingerprint density at radius 1 is 1.06 bits per heavy atom. The first-order valence-corrected chi connectivity index (χ1v) is 5.95. The van der Waals surface area contributed by atoms with Gasteiger partial charge in [0.2, 0.25) is 6.41 Å². The lowest BCUT2D eigenvalue weighted by Crippen LogP contribution is -2.27. The highest BCUT2D eigenvalue weighted by Gasteiger charge is 2.05. The molecule has 0 aromatic heterocycles. The van der Waals surface area contributed by atoms with E-state index in [4.69, 9.17) is 0 Å². The SMILES string of the molecule is Cc1cccc(C)c1.O=CN1CCCCC1. The van der Waals surface area contributed by atoms with Gasteiger partial charge in [0.15, 0.2) is 0 Å². The number of amides is 1. The van der Waals surface area contributed by atoms with E-state index in [2.05, 4.69) is 38.1 Å². The third-order valence-electron chi connectivity index (χ3n) is 2.71. The van der Waals surface area contributed by atoms with E-state index in [-0.39, 0.29) is 0 Å². The van der Waals surface area contributed by atoms with Gasteiger partial charge in [0.05, 0.1) is 0 Å². The largest absolute Gasteiger partial charge is 0.345 e. The minimum atomic E-state index is 0.944. The summed E-state index contributed by atoms with van der Waals surface area (Å²) in [6.45, 7) is 6.16. The molecule has 0 bridgehead atoms. The molecule has 0 radical (unpaired) electrons. The van der Waals surface area contributed by atoms with Crippen LogP contribution in [0.2, 0.25) is 0 Å². The highest BCUT2D eigenvalue weighted by Crippen LogP contribution is 2.05. The predicted molar refractivity (Wildman–Crippen MR) is 67.4 cm³/mol. The first-order valence-electron chi connectivity index (χ1n) is 5.95. The molecule has 1 aliphatic rings. The zero-order valence-corrected chi connectivity index (χ0v) is 10.3. The lowest BCUT2D eigenvalue weighted by atomic mass is 10.1. The van der Waals surface area contributed by atoms with Gasteiger partial charge in [-0.2, -0.15) is 0 Å². The fourth-order valence-corrected chi connectivity index (χ4v) is 1.83. The molecule has 1 aromatic carbocycles. The summed E-state index contributed by atoms with van der Waals surface area (Å²) in [7, 11) is 0. The number of nitrogens with zero attached hydrogens (tertiary/aromatic N) is 1. The fourth-order valence-electron chi connectivity index (χ4n) is 1.83. The number of hydrogen-bond donors (Lipinski definition) is 0. The van der Waals surface area contributed by atoms with Crippen LogP contribution in [-0.4, -0.2) is 24.4 Å². The fraction of sp³-hybridized carbons (Fsp3) is 0.500. The van der Waals surface area contributed by atoms with E-state index < -0.39 is 0 Å². The lowest BCUT2D eigenvalue weighted by Gasteiger charge is -2.21. The van der Waals surface area contributed by atoms with Crippen LogP contribution in [0.3, 0.4) is 0 Å². The summed E-state index contributed by atoms with van der Waals surface area (Å²) < 4.78 is 0. The smallest absolute Gasteiger partial charge is 0.209 e. The normalized spacial score (nSPS) is 15.0. The Bertz CT molecular complexity index is 299. The summed E-state index contributed by atoms with van der Waals surface area (Å²) in [6.07, 6.45) is 4.63. The van der Waals surface area contributed by atoms with E-state index in [1.165, 1.54) is 30.4 Å². The van der Waals surface area contributed by atoms with Gasteiger partial charge in [-0.1, -0.05) is 35.4 Å². The first kappa shape index (κ1) is 12.8. The molecule has 1 heterocycles. The summed E-state index contributed by atoms with van der Waals surface area (Å²) >= 11 is 0. The van der Waals surface area contributed by atoms with Crippen molar-refractivity contribution in [3.8, 4) is 0 Å². The van der Waals surface area contributed by atoms with Gasteiger partial charge in [0.25, 0.3) is 0 Å². The van der Waals surface area contributed by atoms with Gasteiger partial charge in [0.1, 0.15) is 0 Å². The molecule has 16 heavy (non-hydrogen) atoms. The maximum atomic E-state index is 10.1. The maximum Gasteiger partial charge on any atom is 0.209 e. The molecule has 2 nitrogen and oxygen atoms in total. The predicted octanol–water partition coefficient (Wildman–Crippen LogP) is 2.93. The van der Waals surface area contributed by atoms with Crippen molar-refractivity contribution in [2.75, 3.05) is 13.1 Å². The summed E-state index contributed by atoms with van der Waals surface area (Å²) in [5.41, 5.74) is 2.68. The number of benzene rings is 1. The highest BCUT2D eigenvalue weighted by atomic mass is 16.1. The Morgan fingerprint density at radius 2 is 1.62 bits per heavy atom. The van der Waals surface area contributed by atoms with Crippen molar-refractivity contribution < 1.29 is 4.79 Å². The molecule has 0 spiro atoms. The molecule has 1 amide bonds. The third kappa shape index (κ3) is 4.96. The Balaban J connectivity index is 0.000000160. The standard InChI is InChI=1S/C8H10.C6H11NO/c1-7-4-3-5-8(2)6-7;8-6-7-4-2-1-3-5-7/h3-6H,1-2H3;6H,1-5H2. The van der Waals surface area contributed by atoms with Gasteiger partial charge < -0.3 is 4.90 Å². The molecular weight excluding hydrogens is 198 g/mol. The molecule has 2 rings (SSSR count). The van der Waals surface area contributed by atoms with Gasteiger partial charge in [0, 0.05) is 13.1 Å². The summed E-state index contributed by atoms with van der Waals surface area (Å²) in [5.74, 6) is 0. The second-order valence-electron chi connectivity index (χ2n) is 4.36. The number of aryl methyl sites for hydroxylation is 2. The van der Waals surface area contributed by atoms with Gasteiger partial charge >= 0.3 is 0 Å². The number of hydrogen-bond acceptors (Lipinski definition) is 1. The van der Waals surface area contributed by atoms with Crippen molar-refractivity contribution in [3.05, 3.63) is 35.4 Å². The minimum Gasteiger partial charge on any atom is -0.345 e. The van der Waals surface area contributed by atoms with Gasteiger partial charge in [-0.05, 0) is 33.1 Å². The van der Waals surface area contributed by atoms with E-state index in [1.54, 1.807) is 0 Å². The zero-order chi connectivity index (χ0) is 11.8. The second-order valence-corrected chi connectivity index (χ2v) is 4.36. The van der Waals surface area contributed by atoms with Crippen molar-refractivity contribution in [1.29, 1.82) is 0 Å². The number of carbonyl (C=O) groups is 1. The van der Waals surface area contributed by atoms with Crippen molar-refractivity contribution in [1.82, 2.24) is 4.90 Å².